The predicted octanol–water partition coefficient (Wildman–Crippen LogP) is 0.574. The summed E-state index contributed by atoms with van der Waals surface area (Å²) in [5.74, 6) is 1.51. The van der Waals surface area contributed by atoms with Crippen LogP contribution in [0.4, 0.5) is 5.69 Å². The molecule has 0 amide bonds. The maximum atomic E-state index is 10.0. The van der Waals surface area contributed by atoms with Crippen LogP contribution in [-0.2, 0) is 0 Å². The van der Waals surface area contributed by atoms with Crippen LogP contribution in [0.15, 0.2) is 18.2 Å². The molecule has 0 radical (unpaired) electrons. The maximum Gasteiger partial charge on any atom is 0.184 e. The van der Waals surface area contributed by atoms with Gasteiger partial charge in [-0.1, -0.05) is 6.07 Å². The highest BCUT2D eigenvalue weighted by Crippen LogP contribution is 2.41. The molecule has 0 bridgehead atoms. The van der Waals surface area contributed by atoms with Crippen molar-refractivity contribution >= 4 is 5.69 Å². The zero-order valence-electron chi connectivity index (χ0n) is 10.4. The van der Waals surface area contributed by atoms with Crippen LogP contribution in [-0.4, -0.2) is 43.7 Å². The van der Waals surface area contributed by atoms with E-state index in [1.54, 1.807) is 0 Å². The number of nitrogens with zero attached hydrogens (tertiary/aromatic N) is 1. The van der Waals surface area contributed by atoms with Crippen LogP contribution in [0, 0.1) is 0 Å². The first kappa shape index (κ1) is 11.6. The largest absolute Gasteiger partial charge is 0.484 e. The first-order chi connectivity index (χ1) is 8.75. The Labute approximate surface area is 106 Å². The minimum Gasteiger partial charge on any atom is -0.484 e. The van der Waals surface area contributed by atoms with E-state index in [9.17, 15) is 5.11 Å². The van der Waals surface area contributed by atoms with Crippen LogP contribution in [0.2, 0.25) is 0 Å². The smallest absolute Gasteiger partial charge is 0.184 e. The third kappa shape index (κ3) is 2.00. The van der Waals surface area contributed by atoms with E-state index in [0.29, 0.717) is 13.2 Å². The highest BCUT2D eigenvalue weighted by atomic mass is 16.6. The molecule has 0 spiro atoms. The summed E-state index contributed by atoms with van der Waals surface area (Å²) in [6, 6.07) is 5.81. The maximum absolute atomic E-state index is 10.0. The number of aliphatic hydroxyl groups is 1. The molecule has 1 aromatic rings. The number of fused-ring (bicyclic) bond motifs is 1. The molecule has 5 nitrogen and oxygen atoms in total. The Kier molecular flexibility index (Phi) is 3.01. The number of β-amino-alcohol motifs (C(OH)–C–C–N with tert-alkyl or cyclic N) is 1. The van der Waals surface area contributed by atoms with Crippen molar-refractivity contribution in [3.63, 3.8) is 0 Å². The molecule has 2 atom stereocenters. The monoisotopic (exact) mass is 250 g/mol. The van der Waals surface area contributed by atoms with E-state index in [0.717, 1.165) is 30.3 Å². The molecule has 18 heavy (non-hydrogen) atoms. The Bertz CT molecular complexity index is 438. The Hall–Kier alpha value is -1.46. The fraction of sp³-hybridized carbons (Fsp3) is 0.538. The molecule has 2 aliphatic heterocycles. The van der Waals surface area contributed by atoms with Gasteiger partial charge in [-0.05, 0) is 19.1 Å². The summed E-state index contributed by atoms with van der Waals surface area (Å²) in [5.41, 5.74) is 0.911. The van der Waals surface area contributed by atoms with Crippen molar-refractivity contribution in [2.75, 3.05) is 31.1 Å². The van der Waals surface area contributed by atoms with Gasteiger partial charge in [0.1, 0.15) is 18.9 Å². The van der Waals surface area contributed by atoms with Crippen molar-refractivity contribution in [2.45, 2.75) is 19.3 Å². The van der Waals surface area contributed by atoms with Gasteiger partial charge in [-0.15, -0.1) is 0 Å². The number of rotatable bonds is 1. The summed E-state index contributed by atoms with van der Waals surface area (Å²) in [7, 11) is 0. The highest BCUT2D eigenvalue weighted by molar-refractivity contribution is 5.65. The predicted molar refractivity (Wildman–Crippen MR) is 68.2 cm³/mol. The number of hydrogen-bond acceptors (Lipinski definition) is 5. The number of hydrogen-bond donors (Lipinski definition) is 2. The second-order valence-corrected chi connectivity index (χ2v) is 4.72. The molecular formula is C13H18N2O3. The summed E-state index contributed by atoms with van der Waals surface area (Å²) < 4.78 is 11.5. The zero-order chi connectivity index (χ0) is 12.5. The van der Waals surface area contributed by atoms with Crippen molar-refractivity contribution in [3.05, 3.63) is 18.2 Å². The normalized spacial score (nSPS) is 27.1. The molecule has 2 aliphatic rings. The number of ether oxygens (including phenoxy) is 2. The van der Waals surface area contributed by atoms with E-state index in [4.69, 9.17) is 9.47 Å². The molecule has 2 N–H and O–H groups in total. The van der Waals surface area contributed by atoms with Crippen molar-refractivity contribution in [2.24, 2.45) is 0 Å². The zero-order valence-corrected chi connectivity index (χ0v) is 10.4. The minimum atomic E-state index is -0.520. The number of nitrogens with one attached hydrogen (secondary N) is 1. The molecule has 1 fully saturated rings. The van der Waals surface area contributed by atoms with E-state index in [1.165, 1.54) is 0 Å². The van der Waals surface area contributed by atoms with Crippen LogP contribution < -0.4 is 19.7 Å². The average molecular weight is 250 g/mol. The number of anilines is 1. The molecule has 3 rings (SSSR count). The molecule has 2 heterocycles. The van der Waals surface area contributed by atoms with Crippen molar-refractivity contribution in [3.8, 4) is 11.5 Å². The number of piperazine rings is 1. The van der Waals surface area contributed by atoms with Crippen LogP contribution in [0.5, 0.6) is 11.5 Å². The fourth-order valence-electron chi connectivity index (χ4n) is 2.39. The fourth-order valence-corrected chi connectivity index (χ4v) is 2.39. The molecule has 1 saturated heterocycles. The lowest BCUT2D eigenvalue weighted by molar-refractivity contribution is 0.102. The van der Waals surface area contributed by atoms with Crippen LogP contribution in [0.25, 0.3) is 0 Å². The van der Waals surface area contributed by atoms with E-state index in [2.05, 4.69) is 5.32 Å². The van der Waals surface area contributed by atoms with E-state index < -0.39 is 6.23 Å². The second kappa shape index (κ2) is 4.66. The Morgan fingerprint density at radius 3 is 3.17 bits per heavy atom. The molecule has 2 unspecified atom stereocenters. The summed E-state index contributed by atoms with van der Waals surface area (Å²) in [5, 5.41) is 13.2. The molecule has 0 aromatic heterocycles. The van der Waals surface area contributed by atoms with Gasteiger partial charge >= 0.3 is 0 Å². The van der Waals surface area contributed by atoms with Gasteiger partial charge in [-0.3, -0.25) is 0 Å². The van der Waals surface area contributed by atoms with Crippen LogP contribution in [0.1, 0.15) is 6.92 Å². The number of para-hydroxylation sites is 1. The molecule has 5 heteroatoms. The molecule has 0 saturated carbocycles. The second-order valence-electron chi connectivity index (χ2n) is 4.72. The van der Waals surface area contributed by atoms with Crippen LogP contribution >= 0.6 is 0 Å². The Balaban J connectivity index is 1.94. The lowest BCUT2D eigenvalue weighted by atomic mass is 10.2. The third-order valence-electron chi connectivity index (χ3n) is 3.27. The van der Waals surface area contributed by atoms with Gasteiger partial charge in [-0.2, -0.15) is 0 Å². The quantitative estimate of drug-likeness (QED) is 0.763. The first-order valence-corrected chi connectivity index (χ1v) is 6.33. The lowest BCUT2D eigenvalue weighted by Gasteiger charge is -2.36. The average Bonchev–Trinajstić information content (AvgIpc) is 2.38. The number of aliphatic hydroxyl groups excluding tert-OH is 1. The summed E-state index contributed by atoms with van der Waals surface area (Å²) in [4.78, 5) is 1.95. The van der Waals surface area contributed by atoms with E-state index in [-0.39, 0.29) is 6.10 Å². The van der Waals surface area contributed by atoms with Gasteiger partial charge < -0.3 is 24.8 Å². The highest BCUT2D eigenvalue weighted by Gasteiger charge is 2.27. The van der Waals surface area contributed by atoms with Crippen molar-refractivity contribution in [1.29, 1.82) is 0 Å². The topological polar surface area (TPSA) is 54.0 Å². The standard InChI is InChI=1S/C13H18N2O3/c1-9-8-17-13-10(3-2-4-11(13)18-9)15-6-5-14-7-12(15)16/h2-4,9,12,14,16H,5-8H2,1H3. The SMILES string of the molecule is CC1COc2c(cccc2N2CCNCC2O)O1. The molecule has 0 aliphatic carbocycles. The van der Waals surface area contributed by atoms with E-state index in [1.807, 2.05) is 30.0 Å². The summed E-state index contributed by atoms with van der Waals surface area (Å²) in [6.07, 6.45) is -0.450. The Morgan fingerprint density at radius 1 is 1.44 bits per heavy atom. The van der Waals surface area contributed by atoms with Crippen molar-refractivity contribution < 1.29 is 14.6 Å². The van der Waals surface area contributed by atoms with Gasteiger partial charge in [-0.25, -0.2) is 0 Å². The van der Waals surface area contributed by atoms with Gasteiger partial charge in [0.05, 0.1) is 5.69 Å². The molecule has 98 valence electrons. The minimum absolute atomic E-state index is 0.0701. The number of benzene rings is 1. The first-order valence-electron chi connectivity index (χ1n) is 6.33. The molecular weight excluding hydrogens is 232 g/mol. The lowest BCUT2D eigenvalue weighted by Crippen LogP contribution is -2.51. The van der Waals surface area contributed by atoms with Crippen LogP contribution in [0.3, 0.4) is 0 Å². The van der Waals surface area contributed by atoms with Gasteiger partial charge in [0, 0.05) is 19.6 Å². The van der Waals surface area contributed by atoms with Gasteiger partial charge in [0.15, 0.2) is 11.5 Å². The Morgan fingerprint density at radius 2 is 2.33 bits per heavy atom. The summed E-state index contributed by atoms with van der Waals surface area (Å²) >= 11 is 0. The summed E-state index contributed by atoms with van der Waals surface area (Å²) in [6.45, 7) is 4.72. The van der Waals surface area contributed by atoms with E-state index >= 15 is 0 Å². The third-order valence-corrected chi connectivity index (χ3v) is 3.27. The molecule has 1 aromatic carbocycles. The van der Waals surface area contributed by atoms with Gasteiger partial charge in [0.2, 0.25) is 0 Å². The van der Waals surface area contributed by atoms with Crippen molar-refractivity contribution in [1.82, 2.24) is 5.32 Å². The van der Waals surface area contributed by atoms with Gasteiger partial charge in [0.25, 0.3) is 0 Å².